The number of H-pyrrole nitrogens is 1. The highest BCUT2D eigenvalue weighted by Gasteiger charge is 2.15. The van der Waals surface area contributed by atoms with Gasteiger partial charge in [0.1, 0.15) is 5.52 Å². The summed E-state index contributed by atoms with van der Waals surface area (Å²) in [5.41, 5.74) is 2.89. The molecule has 0 bridgehead atoms. The van der Waals surface area contributed by atoms with Crippen molar-refractivity contribution in [1.82, 2.24) is 45.0 Å². The Bertz CT molecular complexity index is 1530. The number of hydrogen-bond acceptors (Lipinski definition) is 10. The smallest absolute Gasteiger partial charge is 0.281 e. The monoisotopic (exact) mass is 651 g/mol. The second kappa shape index (κ2) is 19.0. The van der Waals surface area contributed by atoms with Crippen molar-refractivity contribution in [2.75, 3.05) is 33.1 Å². The molecule has 0 radical (unpaired) electrons. The molecule has 7 N–H and O–H groups in total. The van der Waals surface area contributed by atoms with Crippen LogP contribution < -0.4 is 16.6 Å². The lowest BCUT2D eigenvalue weighted by atomic mass is 10.3. The molecular weight excluding hydrogens is 621 g/mol. The molecule has 18 heteroatoms. The molecule has 0 aliphatic carbocycles. The molecule has 0 spiro atoms. The van der Waals surface area contributed by atoms with Crippen molar-refractivity contribution in [1.29, 1.82) is 0 Å². The maximum atomic E-state index is 12.3. The first-order chi connectivity index (χ1) is 20.2. The van der Waals surface area contributed by atoms with Gasteiger partial charge in [-0.15, -0.1) is 10.2 Å². The summed E-state index contributed by atoms with van der Waals surface area (Å²) in [5, 5.41) is 15.1. The number of aromatic nitrogens is 8. The summed E-state index contributed by atoms with van der Waals surface area (Å²) in [5.74, 6) is 9.42. The van der Waals surface area contributed by atoms with E-state index in [2.05, 4.69) is 52.1 Å². The Morgan fingerprint density at radius 2 is 1.58 bits per heavy atom. The van der Waals surface area contributed by atoms with Crippen molar-refractivity contribution in [3.8, 4) is 11.4 Å². The number of aliphatic imine (C=N–C) groups is 1. The minimum absolute atomic E-state index is 0. The predicted octanol–water partition coefficient (Wildman–Crippen LogP) is 2.35. The van der Waals surface area contributed by atoms with Gasteiger partial charge in [0.2, 0.25) is 11.9 Å². The second-order valence-electron chi connectivity index (χ2n) is 8.21. The van der Waals surface area contributed by atoms with E-state index in [0.29, 0.717) is 17.5 Å². The third kappa shape index (κ3) is 11.5. The van der Waals surface area contributed by atoms with Crippen molar-refractivity contribution < 1.29 is 10.3 Å². The van der Waals surface area contributed by atoms with E-state index in [1.807, 2.05) is 55.4 Å². The molecule has 0 aliphatic rings. The minimum atomic E-state index is -0.750. The highest BCUT2D eigenvalue weighted by Crippen LogP contribution is 2.14. The van der Waals surface area contributed by atoms with E-state index in [-0.39, 0.29) is 11.4 Å². The zero-order valence-corrected chi connectivity index (χ0v) is 25.9. The number of nitrogens with two attached hydrogens (primary N) is 2. The number of benzene rings is 1. The van der Waals surface area contributed by atoms with Gasteiger partial charge in [-0.3, -0.25) is 31.5 Å². The van der Waals surface area contributed by atoms with Crippen LogP contribution in [0, 0.1) is 0 Å². The lowest BCUT2D eigenvalue weighted by molar-refractivity contribution is 0.100. The molecule has 15 nitrogen and oxygen atoms in total. The van der Waals surface area contributed by atoms with E-state index in [4.69, 9.17) is 34.8 Å². The topological polar surface area (TPSA) is 218 Å². The van der Waals surface area contributed by atoms with Gasteiger partial charge in [-0.2, -0.15) is 14.7 Å². The van der Waals surface area contributed by atoms with Crippen LogP contribution in [0.1, 0.15) is 10.4 Å². The number of rotatable bonds is 3. The summed E-state index contributed by atoms with van der Waals surface area (Å²) in [4.78, 5) is 32.2. The zero-order chi connectivity index (χ0) is 31.1. The quantitative estimate of drug-likeness (QED) is 0.0844. The lowest BCUT2D eigenvalue weighted by Gasteiger charge is -2.15. The number of anilines is 1. The van der Waals surface area contributed by atoms with Gasteiger partial charge < -0.3 is 15.3 Å². The molecule has 4 heterocycles. The van der Waals surface area contributed by atoms with Gasteiger partial charge >= 0.3 is 0 Å². The number of carbonyl (C=O) groups excluding carboxylic acids is 1. The first-order valence-electron chi connectivity index (χ1n) is 11.9. The fourth-order valence-electron chi connectivity index (χ4n) is 3.08. The number of hydrogen-bond donors (Lipinski definition) is 3. The van der Waals surface area contributed by atoms with Crippen molar-refractivity contribution in [2.24, 2.45) is 16.7 Å². The number of halogens is 3. The number of fused-ring (bicyclic) bond motifs is 1. The molecule has 230 valence electrons. The molecule has 0 saturated heterocycles. The van der Waals surface area contributed by atoms with E-state index < -0.39 is 4.30 Å². The molecule has 0 saturated carbocycles. The number of aromatic amines is 1. The van der Waals surface area contributed by atoms with Crippen LogP contribution >= 0.6 is 34.8 Å². The molecule has 4 aromatic heterocycles. The SMILES string of the molecule is CN(C)C(=NC(=O)c1cccnc1)n1nnc2ccccc21.CN(C)c1n[nH]c(-c2cccnc2)n1.ClC(Cl)Cl.NN.O. The molecular formula is C25H32Cl3N13O2. The first-order valence-corrected chi connectivity index (χ1v) is 13.2. The molecule has 0 unspecified atom stereocenters. The highest BCUT2D eigenvalue weighted by molar-refractivity contribution is 6.63. The molecule has 5 aromatic rings. The molecule has 43 heavy (non-hydrogen) atoms. The largest absolute Gasteiger partial charge is 0.412 e. The van der Waals surface area contributed by atoms with E-state index in [9.17, 15) is 4.79 Å². The number of nitrogens with zero attached hydrogens (tertiary/aromatic N) is 10. The van der Waals surface area contributed by atoms with Crippen LogP contribution in [0.15, 0.2) is 78.3 Å². The van der Waals surface area contributed by atoms with Crippen molar-refractivity contribution in [2.45, 2.75) is 4.30 Å². The fraction of sp³-hybridized carbons (Fsp3) is 0.200. The van der Waals surface area contributed by atoms with E-state index >= 15 is 0 Å². The highest BCUT2D eigenvalue weighted by atomic mass is 35.6. The maximum absolute atomic E-state index is 12.3. The van der Waals surface area contributed by atoms with Gasteiger partial charge in [0.15, 0.2) is 10.1 Å². The Morgan fingerprint density at radius 1 is 0.953 bits per heavy atom. The van der Waals surface area contributed by atoms with Crippen molar-refractivity contribution >= 4 is 63.7 Å². The van der Waals surface area contributed by atoms with Crippen LogP contribution in [0.25, 0.3) is 22.4 Å². The molecule has 0 aliphatic heterocycles. The number of amides is 1. The van der Waals surface area contributed by atoms with Crippen molar-refractivity contribution in [3.05, 3.63) is 78.9 Å². The predicted molar refractivity (Wildman–Crippen MR) is 170 cm³/mol. The summed E-state index contributed by atoms with van der Waals surface area (Å²) in [6.45, 7) is 0. The summed E-state index contributed by atoms with van der Waals surface area (Å²) in [7, 11) is 7.39. The van der Waals surface area contributed by atoms with E-state index in [0.717, 1.165) is 22.4 Å². The third-order valence-electron chi connectivity index (χ3n) is 4.86. The number of para-hydroxylation sites is 1. The third-order valence-corrected chi connectivity index (χ3v) is 4.86. The van der Waals surface area contributed by atoms with Crippen LogP contribution in [0.3, 0.4) is 0 Å². The van der Waals surface area contributed by atoms with Gasteiger partial charge in [0.05, 0.1) is 11.1 Å². The number of carbonyl (C=O) groups is 1. The average Bonchev–Trinajstić information content (AvgIpc) is 3.66. The summed E-state index contributed by atoms with van der Waals surface area (Å²) in [6.07, 6.45) is 6.57. The van der Waals surface area contributed by atoms with Gasteiger partial charge in [0, 0.05) is 58.5 Å². The Kier molecular flexibility index (Phi) is 16.3. The molecule has 0 atom stereocenters. The van der Waals surface area contributed by atoms with Gasteiger partial charge in [-0.05, 0) is 36.4 Å². The number of hydrazine groups is 1. The fourth-order valence-corrected chi connectivity index (χ4v) is 3.08. The van der Waals surface area contributed by atoms with Gasteiger partial charge in [-0.1, -0.05) is 52.1 Å². The molecule has 1 aromatic carbocycles. The van der Waals surface area contributed by atoms with Gasteiger partial charge in [0.25, 0.3) is 5.91 Å². The first kappa shape index (κ1) is 36.8. The second-order valence-corrected chi connectivity index (χ2v) is 10.2. The summed E-state index contributed by atoms with van der Waals surface area (Å²) < 4.78 is 0.795. The maximum Gasteiger partial charge on any atom is 0.281 e. The van der Waals surface area contributed by atoms with E-state index in [1.54, 1.807) is 54.4 Å². The van der Waals surface area contributed by atoms with Crippen LogP contribution in [-0.2, 0) is 0 Å². The van der Waals surface area contributed by atoms with Crippen LogP contribution in [0.5, 0.6) is 0 Å². The number of pyridine rings is 2. The van der Waals surface area contributed by atoms with Crippen LogP contribution in [0.4, 0.5) is 5.95 Å². The lowest BCUT2D eigenvalue weighted by Crippen LogP contribution is -2.31. The molecule has 1 amide bonds. The number of alkyl halides is 3. The normalized spacial score (nSPS) is 10.2. The Balaban J connectivity index is 0.000000379. The zero-order valence-electron chi connectivity index (χ0n) is 23.7. The van der Waals surface area contributed by atoms with E-state index in [1.165, 1.54) is 6.20 Å². The Morgan fingerprint density at radius 3 is 2.12 bits per heavy atom. The Labute approximate surface area is 262 Å². The number of nitrogens with one attached hydrogen (secondary N) is 1. The van der Waals surface area contributed by atoms with Gasteiger partial charge in [-0.25, -0.2) is 0 Å². The average molecular weight is 653 g/mol. The standard InChI is InChI=1S/C15H14N6O.C9H11N5.CHCl3.H4N2.H2O/c1-20(2)15(17-14(22)11-6-5-9-16-10-11)21-13-8-4-3-7-12(13)18-19-21;1-14(2)9-11-8(12-13-9)7-4-3-5-10-6-7;2-1(3)4;1-2;/h3-10H,1-2H3;3-6H,1-2H3,(H,11,12,13);1H;1-2H2;1H2. The van der Waals surface area contributed by atoms with Crippen molar-refractivity contribution in [3.63, 3.8) is 0 Å². The summed E-state index contributed by atoms with van der Waals surface area (Å²) >= 11 is 14.4. The molecule has 5 rings (SSSR count). The Hall–Kier alpha value is -4.25. The minimum Gasteiger partial charge on any atom is -0.412 e. The summed E-state index contributed by atoms with van der Waals surface area (Å²) in [6, 6.07) is 14.7. The molecule has 0 fully saturated rings. The van der Waals surface area contributed by atoms with Crippen LogP contribution in [0.2, 0.25) is 0 Å². The van der Waals surface area contributed by atoms with Crippen LogP contribution in [-0.4, -0.2) is 94.9 Å².